The van der Waals surface area contributed by atoms with Crippen LogP contribution in [0.15, 0.2) is 42.5 Å². The lowest BCUT2D eigenvalue weighted by atomic mass is 9.87. The van der Waals surface area contributed by atoms with Crippen molar-refractivity contribution in [3.8, 4) is 11.5 Å². The van der Waals surface area contributed by atoms with Crippen LogP contribution in [0.1, 0.15) is 90.7 Å². The van der Waals surface area contributed by atoms with Crippen LogP contribution in [0.3, 0.4) is 0 Å². The standard InChI is InChI=1S/C36H51FN2O4/c1-6-38-29-19-33(20-29)43-32-16-27(15-28(37)18-32)11-14-35(40)24(4)7-8-25(5)39-30-21-34(22-30)42-31-12-9-26(10-13-31)17-36(41)23(2)3/h9-10,12-13,15-16,18,23-25,29-30,33-34,38-39H,6-8,11,14,17,19-22H2,1-5H3/t24?,25?,29-,30-,33+,34+. The van der Waals surface area contributed by atoms with E-state index in [0.29, 0.717) is 43.1 Å². The second-order valence-corrected chi connectivity index (χ2v) is 13.1. The number of hydrogen-bond donors (Lipinski definition) is 2. The number of ketones is 2. The summed E-state index contributed by atoms with van der Waals surface area (Å²) in [6.45, 7) is 11.1. The number of ether oxygens (including phenoxy) is 2. The first-order valence-corrected chi connectivity index (χ1v) is 16.3. The van der Waals surface area contributed by atoms with Crippen molar-refractivity contribution < 1.29 is 23.5 Å². The molecule has 2 fully saturated rings. The molecule has 6 nitrogen and oxygen atoms in total. The quantitative estimate of drug-likeness (QED) is 0.202. The highest BCUT2D eigenvalue weighted by molar-refractivity contribution is 5.82. The van der Waals surface area contributed by atoms with Gasteiger partial charge in [0.25, 0.3) is 0 Å². The molecule has 2 aromatic rings. The van der Waals surface area contributed by atoms with Crippen LogP contribution in [0.5, 0.6) is 11.5 Å². The second-order valence-electron chi connectivity index (χ2n) is 13.1. The number of carbonyl (C=O) groups excluding carboxylic acids is 2. The summed E-state index contributed by atoms with van der Waals surface area (Å²) in [5, 5.41) is 7.09. The van der Waals surface area contributed by atoms with Gasteiger partial charge in [0, 0.05) is 48.9 Å². The Bertz CT molecular complexity index is 1190. The Morgan fingerprint density at radius 2 is 1.49 bits per heavy atom. The van der Waals surface area contributed by atoms with E-state index in [-0.39, 0.29) is 41.4 Å². The van der Waals surface area contributed by atoms with Crippen molar-refractivity contribution in [1.29, 1.82) is 0 Å². The molecule has 2 atom stereocenters. The van der Waals surface area contributed by atoms with Gasteiger partial charge in [0.05, 0.1) is 0 Å². The molecule has 2 N–H and O–H groups in total. The van der Waals surface area contributed by atoms with Crippen molar-refractivity contribution in [2.45, 2.75) is 123 Å². The van der Waals surface area contributed by atoms with E-state index in [1.54, 1.807) is 0 Å². The predicted octanol–water partition coefficient (Wildman–Crippen LogP) is 6.62. The van der Waals surface area contributed by atoms with Crippen LogP contribution in [0.25, 0.3) is 0 Å². The third-order valence-corrected chi connectivity index (χ3v) is 8.93. The number of Topliss-reactive ketones (excluding diaryl/α,β-unsaturated/α-hetero) is 2. The zero-order chi connectivity index (χ0) is 30.9. The Morgan fingerprint density at radius 3 is 2.14 bits per heavy atom. The van der Waals surface area contributed by atoms with Crippen LogP contribution in [-0.4, -0.2) is 48.4 Å². The maximum absolute atomic E-state index is 14.2. The Kier molecular flexibility index (Phi) is 12.2. The first-order valence-electron chi connectivity index (χ1n) is 16.3. The molecule has 2 aliphatic carbocycles. The monoisotopic (exact) mass is 594 g/mol. The summed E-state index contributed by atoms with van der Waals surface area (Å²) in [7, 11) is 0. The SMILES string of the molecule is CCN[C@H]1C[C@@H](Oc2cc(F)cc(CCC(=O)C(C)CCC(C)N[C@H]3C[C@@H](Oc4ccc(CC(=O)C(C)C)cc4)C3)c2)C1. The molecule has 0 bridgehead atoms. The molecule has 4 rings (SSSR count). The summed E-state index contributed by atoms with van der Waals surface area (Å²) in [6, 6.07) is 14.0. The van der Waals surface area contributed by atoms with Gasteiger partial charge in [0.1, 0.15) is 41.1 Å². The zero-order valence-corrected chi connectivity index (χ0v) is 26.7. The van der Waals surface area contributed by atoms with Crippen LogP contribution in [0.2, 0.25) is 0 Å². The van der Waals surface area contributed by atoms with Crippen molar-refractivity contribution in [3.05, 3.63) is 59.4 Å². The molecule has 2 unspecified atom stereocenters. The average Bonchev–Trinajstić information content (AvgIpc) is 2.93. The van der Waals surface area contributed by atoms with Gasteiger partial charge in [-0.15, -0.1) is 0 Å². The van der Waals surface area contributed by atoms with Crippen LogP contribution >= 0.6 is 0 Å². The van der Waals surface area contributed by atoms with E-state index in [2.05, 4.69) is 24.5 Å². The van der Waals surface area contributed by atoms with E-state index in [0.717, 1.165) is 61.9 Å². The van der Waals surface area contributed by atoms with Gasteiger partial charge < -0.3 is 20.1 Å². The summed E-state index contributed by atoms with van der Waals surface area (Å²) in [5.41, 5.74) is 1.84. The van der Waals surface area contributed by atoms with Crippen LogP contribution < -0.4 is 20.1 Å². The molecule has 0 saturated heterocycles. The maximum Gasteiger partial charge on any atom is 0.139 e. The predicted molar refractivity (Wildman–Crippen MR) is 169 cm³/mol. The second kappa shape index (κ2) is 15.8. The van der Waals surface area contributed by atoms with Crippen LogP contribution in [0, 0.1) is 17.7 Å². The molecule has 0 amide bonds. The normalized spacial score (nSPS) is 22.8. The largest absolute Gasteiger partial charge is 0.490 e. The Hall–Kier alpha value is -2.77. The molecular weight excluding hydrogens is 543 g/mol. The average molecular weight is 595 g/mol. The first-order chi connectivity index (χ1) is 20.6. The highest BCUT2D eigenvalue weighted by Gasteiger charge is 2.32. The van der Waals surface area contributed by atoms with Gasteiger partial charge in [-0.05, 0) is 93.8 Å². The van der Waals surface area contributed by atoms with Crippen molar-refractivity contribution in [2.24, 2.45) is 11.8 Å². The van der Waals surface area contributed by atoms with E-state index in [1.807, 2.05) is 51.1 Å². The summed E-state index contributed by atoms with van der Waals surface area (Å²) in [4.78, 5) is 24.8. The fraction of sp³-hybridized carbons (Fsp3) is 0.611. The summed E-state index contributed by atoms with van der Waals surface area (Å²) in [5.74, 6) is 1.60. The Labute approximate surface area is 257 Å². The third kappa shape index (κ3) is 10.4. The topological polar surface area (TPSA) is 76.7 Å². The zero-order valence-electron chi connectivity index (χ0n) is 26.7. The molecule has 2 saturated carbocycles. The summed E-state index contributed by atoms with van der Waals surface area (Å²) in [6.07, 6.45) is 7.29. The molecule has 2 aliphatic rings. The molecule has 7 heteroatoms. The van der Waals surface area contributed by atoms with E-state index >= 15 is 0 Å². The number of halogens is 1. The molecule has 43 heavy (non-hydrogen) atoms. The number of rotatable bonds is 18. The Morgan fingerprint density at radius 1 is 0.837 bits per heavy atom. The number of aryl methyl sites for hydroxylation is 1. The van der Waals surface area contributed by atoms with Gasteiger partial charge in [-0.2, -0.15) is 0 Å². The molecule has 0 aromatic heterocycles. The minimum atomic E-state index is -0.313. The van der Waals surface area contributed by atoms with Gasteiger partial charge in [0.15, 0.2) is 0 Å². The lowest BCUT2D eigenvalue weighted by Crippen LogP contribution is -2.49. The molecule has 0 aliphatic heterocycles. The van der Waals surface area contributed by atoms with Crippen LogP contribution in [0.4, 0.5) is 4.39 Å². The summed E-state index contributed by atoms with van der Waals surface area (Å²) < 4.78 is 26.3. The van der Waals surface area contributed by atoms with Gasteiger partial charge in [-0.3, -0.25) is 9.59 Å². The van der Waals surface area contributed by atoms with Crippen LogP contribution in [-0.2, 0) is 22.4 Å². The highest BCUT2D eigenvalue weighted by atomic mass is 19.1. The minimum absolute atomic E-state index is 0.0252. The molecule has 0 spiro atoms. The van der Waals surface area contributed by atoms with Gasteiger partial charge >= 0.3 is 0 Å². The number of hydrogen-bond acceptors (Lipinski definition) is 6. The van der Waals surface area contributed by atoms with Gasteiger partial charge in [-0.25, -0.2) is 4.39 Å². The van der Waals surface area contributed by atoms with E-state index in [9.17, 15) is 14.0 Å². The molecule has 2 aromatic carbocycles. The maximum atomic E-state index is 14.2. The van der Waals surface area contributed by atoms with Crippen molar-refractivity contribution in [2.75, 3.05) is 6.54 Å². The number of benzene rings is 2. The number of nitrogens with one attached hydrogen (secondary N) is 2. The molecule has 236 valence electrons. The third-order valence-electron chi connectivity index (χ3n) is 8.93. The summed E-state index contributed by atoms with van der Waals surface area (Å²) >= 11 is 0. The highest BCUT2D eigenvalue weighted by Crippen LogP contribution is 2.29. The van der Waals surface area contributed by atoms with E-state index in [1.165, 1.54) is 12.1 Å². The first kappa shape index (κ1) is 33.1. The molecule has 0 radical (unpaired) electrons. The smallest absolute Gasteiger partial charge is 0.139 e. The van der Waals surface area contributed by atoms with E-state index < -0.39 is 0 Å². The fourth-order valence-electron chi connectivity index (χ4n) is 5.88. The minimum Gasteiger partial charge on any atom is -0.490 e. The Balaban J connectivity index is 1.10. The van der Waals surface area contributed by atoms with Gasteiger partial charge in [-0.1, -0.05) is 39.8 Å². The molecular formula is C36H51FN2O4. The van der Waals surface area contributed by atoms with E-state index in [4.69, 9.17) is 9.47 Å². The fourth-order valence-corrected chi connectivity index (χ4v) is 5.88. The van der Waals surface area contributed by atoms with Crippen molar-refractivity contribution >= 4 is 11.6 Å². The lowest BCUT2D eigenvalue weighted by Gasteiger charge is -2.38. The number of carbonyl (C=O) groups is 2. The van der Waals surface area contributed by atoms with Gasteiger partial charge in [0.2, 0.25) is 0 Å². The molecule has 0 heterocycles. The lowest BCUT2D eigenvalue weighted by molar-refractivity contribution is -0.122. The van der Waals surface area contributed by atoms with Crippen molar-refractivity contribution in [3.63, 3.8) is 0 Å². The van der Waals surface area contributed by atoms with Crippen molar-refractivity contribution in [1.82, 2.24) is 10.6 Å².